The van der Waals surface area contributed by atoms with Crippen LogP contribution in [0.25, 0.3) is 0 Å². The normalized spacial score (nSPS) is 16.3. The number of alkyl halides is 3. The predicted molar refractivity (Wildman–Crippen MR) is 99.3 cm³/mol. The number of rotatable bonds is 7. The molecule has 0 bridgehead atoms. The third-order valence-corrected chi connectivity index (χ3v) is 4.95. The Morgan fingerprint density at radius 3 is 2.68 bits per heavy atom. The minimum Gasteiger partial charge on any atom is -0.484 e. The van der Waals surface area contributed by atoms with E-state index in [-0.39, 0.29) is 24.0 Å². The topological polar surface area (TPSA) is 51.2 Å². The summed E-state index contributed by atoms with van der Waals surface area (Å²) in [6.45, 7) is 0.581. The lowest BCUT2D eigenvalue weighted by Crippen LogP contribution is -2.35. The van der Waals surface area contributed by atoms with Gasteiger partial charge in [-0.15, -0.1) is 0 Å². The van der Waals surface area contributed by atoms with Crippen molar-refractivity contribution in [2.45, 2.75) is 43.8 Å². The number of amides is 1. The van der Waals surface area contributed by atoms with Crippen LogP contribution in [0.3, 0.4) is 0 Å². The molecule has 1 fully saturated rings. The Hall–Kier alpha value is -2.28. The Labute approximate surface area is 166 Å². The Morgan fingerprint density at radius 2 is 2.07 bits per heavy atom. The van der Waals surface area contributed by atoms with E-state index in [4.69, 9.17) is 16.3 Å². The van der Waals surface area contributed by atoms with Gasteiger partial charge in [-0.25, -0.2) is 4.98 Å². The maximum atomic E-state index is 12.5. The van der Waals surface area contributed by atoms with E-state index < -0.39 is 18.3 Å². The fourth-order valence-corrected chi connectivity index (χ4v) is 3.16. The molecule has 1 aliphatic carbocycles. The van der Waals surface area contributed by atoms with E-state index in [2.05, 4.69) is 10.3 Å². The van der Waals surface area contributed by atoms with E-state index in [0.29, 0.717) is 5.15 Å². The lowest BCUT2D eigenvalue weighted by atomic mass is 9.98. The van der Waals surface area contributed by atoms with Crippen molar-refractivity contribution in [1.29, 1.82) is 0 Å². The van der Waals surface area contributed by atoms with Crippen LogP contribution in [-0.4, -0.2) is 23.7 Å². The van der Waals surface area contributed by atoms with Gasteiger partial charge in [-0.1, -0.05) is 36.7 Å². The summed E-state index contributed by atoms with van der Waals surface area (Å²) in [4.78, 5) is 16.6. The molecular weight excluding hydrogens is 393 g/mol. The molecule has 1 atom stereocenters. The third kappa shape index (κ3) is 5.38. The minimum atomic E-state index is -4.39. The molecule has 0 spiro atoms. The number of carbonyl (C=O) groups is 1. The summed E-state index contributed by atoms with van der Waals surface area (Å²) >= 11 is 5.78. The molecule has 1 aromatic heterocycles. The number of pyridine rings is 1. The average molecular weight is 413 g/mol. The molecule has 0 saturated heterocycles. The highest BCUT2D eigenvalue weighted by atomic mass is 35.5. The summed E-state index contributed by atoms with van der Waals surface area (Å²) in [6.07, 6.45) is -1.01. The van der Waals surface area contributed by atoms with Crippen LogP contribution in [0.15, 0.2) is 42.6 Å². The van der Waals surface area contributed by atoms with Crippen LogP contribution in [0.2, 0.25) is 5.15 Å². The molecule has 1 unspecified atom stereocenters. The number of hydrogen-bond donors (Lipinski definition) is 1. The second-order valence-electron chi connectivity index (χ2n) is 7.08. The van der Waals surface area contributed by atoms with Crippen LogP contribution >= 0.6 is 11.6 Å². The van der Waals surface area contributed by atoms with Crippen LogP contribution in [0.1, 0.15) is 43.2 Å². The standard InChI is InChI=1S/C20H20ClF3N2O2/c1-13(14-5-6-17(21)25-11-14)9-18(27)26-19(7-8-19)15-3-2-4-16(10-15)28-12-20(22,23)24/h2-6,10-11,13H,7-9,12H2,1H3,(H,26,27). The van der Waals surface area contributed by atoms with E-state index in [9.17, 15) is 18.0 Å². The van der Waals surface area contributed by atoms with Crippen molar-refractivity contribution < 1.29 is 22.7 Å². The van der Waals surface area contributed by atoms with Gasteiger partial charge in [0.2, 0.25) is 5.91 Å². The number of ether oxygens (including phenoxy) is 1. The third-order valence-electron chi connectivity index (χ3n) is 4.73. The van der Waals surface area contributed by atoms with Crippen LogP contribution < -0.4 is 10.1 Å². The number of halogens is 4. The van der Waals surface area contributed by atoms with E-state index >= 15 is 0 Å². The van der Waals surface area contributed by atoms with Crippen molar-refractivity contribution in [2.75, 3.05) is 6.61 Å². The molecule has 0 aliphatic heterocycles. The minimum absolute atomic E-state index is 0.0398. The van der Waals surface area contributed by atoms with E-state index in [1.165, 1.54) is 6.07 Å². The molecule has 0 radical (unpaired) electrons. The van der Waals surface area contributed by atoms with E-state index in [0.717, 1.165) is 24.0 Å². The van der Waals surface area contributed by atoms with Gasteiger partial charge in [-0.05, 0) is 48.1 Å². The first-order chi connectivity index (χ1) is 13.2. The quantitative estimate of drug-likeness (QED) is 0.653. The van der Waals surface area contributed by atoms with Gasteiger partial charge in [-0.3, -0.25) is 4.79 Å². The first-order valence-electron chi connectivity index (χ1n) is 8.89. The molecule has 1 saturated carbocycles. The number of aromatic nitrogens is 1. The molecule has 28 heavy (non-hydrogen) atoms. The average Bonchev–Trinajstić information content (AvgIpc) is 3.40. The Bertz CT molecular complexity index is 836. The highest BCUT2D eigenvalue weighted by molar-refractivity contribution is 6.29. The zero-order valence-electron chi connectivity index (χ0n) is 15.2. The van der Waals surface area contributed by atoms with Crippen LogP contribution in [0.4, 0.5) is 13.2 Å². The molecule has 8 heteroatoms. The molecule has 3 rings (SSSR count). The zero-order valence-corrected chi connectivity index (χ0v) is 16.0. The van der Waals surface area contributed by atoms with Gasteiger partial charge in [-0.2, -0.15) is 13.2 Å². The summed E-state index contributed by atoms with van der Waals surface area (Å²) in [5, 5.41) is 3.43. The molecule has 1 aliphatic rings. The zero-order chi connectivity index (χ0) is 20.4. The highest BCUT2D eigenvalue weighted by Gasteiger charge is 2.45. The predicted octanol–water partition coefficient (Wildman–Crippen LogP) is 4.98. The van der Waals surface area contributed by atoms with Gasteiger partial charge in [0.15, 0.2) is 6.61 Å². The van der Waals surface area contributed by atoms with Crippen LogP contribution in [-0.2, 0) is 10.3 Å². The summed E-state index contributed by atoms with van der Waals surface area (Å²) in [7, 11) is 0. The lowest BCUT2D eigenvalue weighted by molar-refractivity contribution is -0.153. The van der Waals surface area contributed by atoms with E-state index in [1.54, 1.807) is 30.5 Å². The number of nitrogens with zero attached hydrogens (tertiary/aromatic N) is 1. The van der Waals surface area contributed by atoms with Crippen molar-refractivity contribution in [1.82, 2.24) is 10.3 Å². The van der Waals surface area contributed by atoms with Gasteiger partial charge < -0.3 is 10.1 Å². The SMILES string of the molecule is CC(CC(=O)NC1(c2cccc(OCC(F)(F)F)c2)CC1)c1ccc(Cl)nc1. The molecule has 150 valence electrons. The van der Waals surface area contributed by atoms with Crippen molar-refractivity contribution in [3.63, 3.8) is 0 Å². The second-order valence-corrected chi connectivity index (χ2v) is 7.47. The smallest absolute Gasteiger partial charge is 0.422 e. The van der Waals surface area contributed by atoms with Crippen molar-refractivity contribution >= 4 is 17.5 Å². The Morgan fingerprint density at radius 1 is 1.32 bits per heavy atom. The first-order valence-corrected chi connectivity index (χ1v) is 9.27. The number of nitrogens with one attached hydrogen (secondary N) is 1. The monoisotopic (exact) mass is 412 g/mol. The largest absolute Gasteiger partial charge is 0.484 e. The number of benzene rings is 1. The van der Waals surface area contributed by atoms with Crippen LogP contribution in [0.5, 0.6) is 5.75 Å². The molecule has 1 heterocycles. The van der Waals surface area contributed by atoms with Gasteiger partial charge in [0.05, 0.1) is 5.54 Å². The van der Waals surface area contributed by atoms with Gasteiger partial charge in [0.25, 0.3) is 0 Å². The molecule has 2 aromatic rings. The Kier molecular flexibility index (Phi) is 5.84. The van der Waals surface area contributed by atoms with Gasteiger partial charge >= 0.3 is 6.18 Å². The molecule has 1 aromatic carbocycles. The fourth-order valence-electron chi connectivity index (χ4n) is 3.05. The summed E-state index contributed by atoms with van der Waals surface area (Å²) in [5.74, 6) is -0.0282. The first kappa shape index (κ1) is 20.5. The lowest BCUT2D eigenvalue weighted by Gasteiger charge is -2.20. The van der Waals surface area contributed by atoms with Crippen LogP contribution in [0, 0.1) is 0 Å². The van der Waals surface area contributed by atoms with Gasteiger partial charge in [0, 0.05) is 12.6 Å². The van der Waals surface area contributed by atoms with Crippen molar-refractivity contribution in [3.05, 3.63) is 58.9 Å². The fraction of sp³-hybridized carbons (Fsp3) is 0.400. The number of hydrogen-bond acceptors (Lipinski definition) is 3. The molecular formula is C20H20ClF3N2O2. The van der Waals surface area contributed by atoms with Crippen molar-refractivity contribution in [3.8, 4) is 5.75 Å². The Balaban J connectivity index is 1.62. The molecule has 1 amide bonds. The number of carbonyl (C=O) groups excluding carboxylic acids is 1. The molecule has 4 nitrogen and oxygen atoms in total. The maximum Gasteiger partial charge on any atom is 0.422 e. The summed E-state index contributed by atoms with van der Waals surface area (Å²) < 4.78 is 41.9. The summed E-state index contributed by atoms with van der Waals surface area (Å²) in [6, 6.07) is 9.98. The van der Waals surface area contributed by atoms with E-state index in [1.807, 2.05) is 13.0 Å². The highest BCUT2D eigenvalue weighted by Crippen LogP contribution is 2.46. The van der Waals surface area contributed by atoms with Crippen molar-refractivity contribution in [2.24, 2.45) is 0 Å². The second kappa shape index (κ2) is 7.99. The maximum absolute atomic E-state index is 12.5. The van der Waals surface area contributed by atoms with Gasteiger partial charge in [0.1, 0.15) is 10.9 Å². The summed E-state index contributed by atoms with van der Waals surface area (Å²) in [5.41, 5.74) is 1.13. The molecule has 1 N–H and O–H groups in total.